The van der Waals surface area contributed by atoms with Crippen molar-refractivity contribution in [2.24, 2.45) is 7.05 Å². The highest BCUT2D eigenvalue weighted by molar-refractivity contribution is 5.93. The van der Waals surface area contributed by atoms with Crippen molar-refractivity contribution < 1.29 is 14.3 Å². The molecule has 3 rings (SSSR count). The second-order valence-electron chi connectivity index (χ2n) is 6.27. The third-order valence-corrected chi connectivity index (χ3v) is 4.36. The summed E-state index contributed by atoms with van der Waals surface area (Å²) in [5.74, 6) is 1.31. The Hall–Kier alpha value is -3.28. The number of carbonyl (C=O) groups excluding carboxylic acids is 1. The Morgan fingerprint density at radius 3 is 2.48 bits per heavy atom. The number of nitrogens with zero attached hydrogens (tertiary/aromatic N) is 2. The SMILES string of the molecule is COc1ccc(CNC(=O)c2cc(-c3cc(C)ccc3OC)n(C)n2)cc1. The maximum Gasteiger partial charge on any atom is 0.272 e. The summed E-state index contributed by atoms with van der Waals surface area (Å²) >= 11 is 0. The van der Waals surface area contributed by atoms with E-state index in [2.05, 4.69) is 10.4 Å². The first kappa shape index (κ1) is 18.5. The minimum Gasteiger partial charge on any atom is -0.497 e. The van der Waals surface area contributed by atoms with Crippen LogP contribution in [0.4, 0.5) is 0 Å². The number of methoxy groups -OCH3 is 2. The van der Waals surface area contributed by atoms with E-state index in [9.17, 15) is 4.79 Å². The highest BCUT2D eigenvalue weighted by atomic mass is 16.5. The van der Waals surface area contributed by atoms with Gasteiger partial charge in [0.05, 0.1) is 19.9 Å². The molecule has 3 aromatic rings. The van der Waals surface area contributed by atoms with Gasteiger partial charge in [-0.25, -0.2) is 0 Å². The van der Waals surface area contributed by atoms with Crippen molar-refractivity contribution in [3.63, 3.8) is 0 Å². The van der Waals surface area contributed by atoms with E-state index in [1.165, 1.54) is 0 Å². The molecule has 0 atom stereocenters. The molecule has 1 N–H and O–H groups in total. The molecule has 6 heteroatoms. The van der Waals surface area contributed by atoms with Crippen LogP contribution < -0.4 is 14.8 Å². The summed E-state index contributed by atoms with van der Waals surface area (Å²) in [5.41, 5.74) is 4.19. The average Bonchev–Trinajstić information content (AvgIpc) is 3.08. The smallest absolute Gasteiger partial charge is 0.272 e. The maximum atomic E-state index is 12.5. The topological polar surface area (TPSA) is 65.4 Å². The van der Waals surface area contributed by atoms with Gasteiger partial charge in [-0.2, -0.15) is 5.10 Å². The van der Waals surface area contributed by atoms with Crippen molar-refractivity contribution in [3.8, 4) is 22.8 Å². The molecule has 0 spiro atoms. The van der Waals surface area contributed by atoms with Crippen LogP contribution in [0.1, 0.15) is 21.6 Å². The maximum absolute atomic E-state index is 12.5. The second kappa shape index (κ2) is 7.95. The van der Waals surface area contributed by atoms with Crippen LogP contribution in [0.2, 0.25) is 0 Å². The highest BCUT2D eigenvalue weighted by Gasteiger charge is 2.16. The summed E-state index contributed by atoms with van der Waals surface area (Å²) in [4.78, 5) is 12.5. The van der Waals surface area contributed by atoms with Gasteiger partial charge in [0.15, 0.2) is 5.69 Å². The first-order valence-corrected chi connectivity index (χ1v) is 8.62. The van der Waals surface area contributed by atoms with Crippen molar-refractivity contribution in [2.45, 2.75) is 13.5 Å². The van der Waals surface area contributed by atoms with E-state index in [0.717, 1.165) is 33.9 Å². The van der Waals surface area contributed by atoms with Crippen LogP contribution in [0, 0.1) is 6.92 Å². The predicted molar refractivity (Wildman–Crippen MR) is 104 cm³/mol. The lowest BCUT2D eigenvalue weighted by Gasteiger charge is -2.09. The van der Waals surface area contributed by atoms with Gasteiger partial charge in [-0.3, -0.25) is 9.48 Å². The predicted octanol–water partition coefficient (Wildman–Crippen LogP) is 3.34. The van der Waals surface area contributed by atoms with Gasteiger partial charge in [-0.05, 0) is 42.8 Å². The van der Waals surface area contributed by atoms with Crippen molar-refractivity contribution in [1.29, 1.82) is 0 Å². The van der Waals surface area contributed by atoms with E-state index in [1.807, 2.05) is 56.4 Å². The Balaban J connectivity index is 1.77. The van der Waals surface area contributed by atoms with Crippen LogP contribution in [0.25, 0.3) is 11.3 Å². The molecule has 27 heavy (non-hydrogen) atoms. The van der Waals surface area contributed by atoms with Gasteiger partial charge >= 0.3 is 0 Å². The monoisotopic (exact) mass is 365 g/mol. The fourth-order valence-corrected chi connectivity index (χ4v) is 2.87. The van der Waals surface area contributed by atoms with Gasteiger partial charge in [0.2, 0.25) is 0 Å². The fraction of sp³-hybridized carbons (Fsp3) is 0.238. The molecule has 0 radical (unpaired) electrons. The zero-order chi connectivity index (χ0) is 19.4. The van der Waals surface area contributed by atoms with E-state index in [0.29, 0.717) is 12.2 Å². The molecule has 2 aromatic carbocycles. The number of nitrogens with one attached hydrogen (secondary N) is 1. The first-order chi connectivity index (χ1) is 13.0. The summed E-state index contributed by atoms with van der Waals surface area (Å²) in [7, 11) is 5.07. The number of hydrogen-bond donors (Lipinski definition) is 1. The molecule has 1 aromatic heterocycles. The van der Waals surface area contributed by atoms with Crippen LogP contribution in [-0.4, -0.2) is 29.9 Å². The molecule has 0 aliphatic rings. The first-order valence-electron chi connectivity index (χ1n) is 8.62. The molecule has 0 fully saturated rings. The molecule has 140 valence electrons. The summed E-state index contributed by atoms with van der Waals surface area (Å²) in [6.07, 6.45) is 0. The highest BCUT2D eigenvalue weighted by Crippen LogP contribution is 2.31. The summed E-state index contributed by atoms with van der Waals surface area (Å²) in [6.45, 7) is 2.43. The number of ether oxygens (including phenoxy) is 2. The Morgan fingerprint density at radius 1 is 1.07 bits per heavy atom. The Morgan fingerprint density at radius 2 is 1.81 bits per heavy atom. The molecular weight excluding hydrogens is 342 g/mol. The third kappa shape index (κ3) is 4.11. The largest absolute Gasteiger partial charge is 0.497 e. The van der Waals surface area contributed by atoms with E-state index >= 15 is 0 Å². The van der Waals surface area contributed by atoms with Crippen LogP contribution in [-0.2, 0) is 13.6 Å². The normalized spacial score (nSPS) is 10.5. The van der Waals surface area contributed by atoms with Gasteiger partial charge in [0.1, 0.15) is 11.5 Å². The third-order valence-electron chi connectivity index (χ3n) is 4.36. The van der Waals surface area contributed by atoms with Crippen molar-refractivity contribution in [1.82, 2.24) is 15.1 Å². The van der Waals surface area contributed by atoms with E-state index in [-0.39, 0.29) is 5.91 Å². The summed E-state index contributed by atoms with van der Waals surface area (Å²) in [5, 5.41) is 7.26. The molecule has 1 amide bonds. The molecule has 0 saturated heterocycles. The van der Waals surface area contributed by atoms with Crippen molar-refractivity contribution in [3.05, 3.63) is 65.4 Å². The van der Waals surface area contributed by atoms with Crippen LogP contribution in [0.5, 0.6) is 11.5 Å². The number of amides is 1. The van der Waals surface area contributed by atoms with E-state index in [4.69, 9.17) is 9.47 Å². The Labute approximate surface area is 158 Å². The summed E-state index contributed by atoms with van der Waals surface area (Å²) in [6, 6.07) is 15.3. The van der Waals surface area contributed by atoms with Crippen LogP contribution in [0.15, 0.2) is 48.5 Å². The minimum absolute atomic E-state index is 0.223. The van der Waals surface area contributed by atoms with Crippen LogP contribution in [0.3, 0.4) is 0 Å². The van der Waals surface area contributed by atoms with E-state index < -0.39 is 0 Å². The fourth-order valence-electron chi connectivity index (χ4n) is 2.87. The molecule has 0 aliphatic carbocycles. The molecule has 0 unspecified atom stereocenters. The van der Waals surface area contributed by atoms with Gasteiger partial charge in [0.25, 0.3) is 5.91 Å². The lowest BCUT2D eigenvalue weighted by atomic mass is 10.1. The van der Waals surface area contributed by atoms with Crippen molar-refractivity contribution >= 4 is 5.91 Å². The summed E-state index contributed by atoms with van der Waals surface area (Å²) < 4.78 is 12.3. The molecule has 0 bridgehead atoms. The molecule has 6 nitrogen and oxygen atoms in total. The Kier molecular flexibility index (Phi) is 5.45. The number of aromatic nitrogens is 2. The van der Waals surface area contributed by atoms with Gasteiger partial charge in [-0.15, -0.1) is 0 Å². The Bertz CT molecular complexity index is 946. The van der Waals surface area contributed by atoms with E-state index in [1.54, 1.807) is 25.0 Å². The minimum atomic E-state index is -0.223. The molecule has 1 heterocycles. The number of carbonyl (C=O) groups is 1. The van der Waals surface area contributed by atoms with Gasteiger partial charge < -0.3 is 14.8 Å². The molecule has 0 aliphatic heterocycles. The lowest BCUT2D eigenvalue weighted by molar-refractivity contribution is 0.0945. The van der Waals surface area contributed by atoms with Crippen LogP contribution >= 0.6 is 0 Å². The molecule has 0 saturated carbocycles. The lowest BCUT2D eigenvalue weighted by Crippen LogP contribution is -2.23. The zero-order valence-corrected chi connectivity index (χ0v) is 15.9. The number of aryl methyl sites for hydroxylation is 2. The molecular formula is C21H23N3O3. The number of benzene rings is 2. The quantitative estimate of drug-likeness (QED) is 0.728. The number of hydrogen-bond acceptors (Lipinski definition) is 4. The van der Waals surface area contributed by atoms with Crippen molar-refractivity contribution in [2.75, 3.05) is 14.2 Å². The second-order valence-corrected chi connectivity index (χ2v) is 6.27. The standard InChI is InChI=1S/C21H23N3O3/c1-14-5-10-20(27-4)17(11-14)19-12-18(23-24(19)2)21(25)22-13-15-6-8-16(26-3)9-7-15/h5-12H,13H2,1-4H3,(H,22,25). The number of rotatable bonds is 6. The zero-order valence-electron chi connectivity index (χ0n) is 15.9. The van der Waals surface area contributed by atoms with Gasteiger partial charge in [0, 0.05) is 19.2 Å². The average molecular weight is 365 g/mol. The van der Waals surface area contributed by atoms with Gasteiger partial charge in [-0.1, -0.05) is 23.8 Å².